The van der Waals surface area contributed by atoms with Gasteiger partial charge in [0.05, 0.1) is 0 Å². The van der Waals surface area contributed by atoms with Crippen LogP contribution in [0.4, 0.5) is 0 Å². The van der Waals surface area contributed by atoms with E-state index < -0.39 is 0 Å². The Morgan fingerprint density at radius 3 is 2.83 bits per heavy atom. The molecule has 0 bridgehead atoms. The van der Waals surface area contributed by atoms with Crippen LogP contribution in [-0.2, 0) is 6.42 Å². The zero-order valence-corrected chi connectivity index (χ0v) is 11.5. The van der Waals surface area contributed by atoms with Crippen LogP contribution in [0, 0.1) is 5.92 Å². The molecular formula is C16H26N2. The third-order valence-corrected chi connectivity index (χ3v) is 4.11. The fourth-order valence-corrected chi connectivity index (χ4v) is 2.99. The van der Waals surface area contributed by atoms with Gasteiger partial charge in [0.2, 0.25) is 0 Å². The highest BCUT2D eigenvalue weighted by molar-refractivity contribution is 5.14. The van der Waals surface area contributed by atoms with Gasteiger partial charge in [0, 0.05) is 6.04 Å². The first-order chi connectivity index (χ1) is 8.90. The van der Waals surface area contributed by atoms with Gasteiger partial charge in [-0.3, -0.25) is 0 Å². The molecule has 0 unspecified atom stereocenters. The minimum Gasteiger partial charge on any atom is -0.317 e. The van der Waals surface area contributed by atoms with Crippen LogP contribution in [0.2, 0.25) is 0 Å². The lowest BCUT2D eigenvalue weighted by Gasteiger charge is -2.32. The summed E-state index contributed by atoms with van der Waals surface area (Å²) in [5, 5.41) is 6.99. The Bertz CT molecular complexity index is 323. The van der Waals surface area contributed by atoms with Crippen molar-refractivity contribution in [3.63, 3.8) is 0 Å². The summed E-state index contributed by atoms with van der Waals surface area (Å²) in [4.78, 5) is 0. The third kappa shape index (κ3) is 4.11. The van der Waals surface area contributed by atoms with Gasteiger partial charge in [0.15, 0.2) is 0 Å². The summed E-state index contributed by atoms with van der Waals surface area (Å²) in [7, 11) is 2.10. The number of piperidine rings is 1. The van der Waals surface area contributed by atoms with E-state index in [-0.39, 0.29) is 0 Å². The molecule has 1 heterocycles. The van der Waals surface area contributed by atoms with Crippen molar-refractivity contribution < 1.29 is 0 Å². The lowest BCUT2D eigenvalue weighted by Crippen LogP contribution is -2.46. The molecule has 0 aromatic heterocycles. The van der Waals surface area contributed by atoms with Crippen LogP contribution >= 0.6 is 0 Å². The van der Waals surface area contributed by atoms with Crippen LogP contribution in [0.3, 0.4) is 0 Å². The maximum absolute atomic E-state index is 3.52. The van der Waals surface area contributed by atoms with Crippen molar-refractivity contribution in [1.82, 2.24) is 10.6 Å². The number of unbranched alkanes of at least 4 members (excludes halogenated alkanes) is 1. The van der Waals surface area contributed by atoms with Crippen LogP contribution in [-0.4, -0.2) is 26.2 Å². The van der Waals surface area contributed by atoms with Crippen LogP contribution in [0.5, 0.6) is 0 Å². The summed E-state index contributed by atoms with van der Waals surface area (Å²) >= 11 is 0. The first-order valence-electron chi connectivity index (χ1n) is 7.32. The van der Waals surface area contributed by atoms with Gasteiger partial charge in [-0.15, -0.1) is 0 Å². The Balaban J connectivity index is 1.65. The largest absolute Gasteiger partial charge is 0.317 e. The fourth-order valence-electron chi connectivity index (χ4n) is 2.99. The van der Waals surface area contributed by atoms with Gasteiger partial charge in [-0.1, -0.05) is 36.8 Å². The lowest BCUT2D eigenvalue weighted by atomic mass is 9.88. The fraction of sp³-hybridized carbons (Fsp3) is 0.625. The Kier molecular flexibility index (Phi) is 5.69. The summed E-state index contributed by atoms with van der Waals surface area (Å²) in [6.07, 6.45) is 6.52. The molecule has 1 aliphatic rings. The summed E-state index contributed by atoms with van der Waals surface area (Å²) in [6, 6.07) is 11.6. The van der Waals surface area contributed by atoms with Crippen molar-refractivity contribution in [3.05, 3.63) is 35.9 Å². The molecule has 2 nitrogen and oxygen atoms in total. The summed E-state index contributed by atoms with van der Waals surface area (Å²) in [5.41, 5.74) is 1.48. The summed E-state index contributed by atoms with van der Waals surface area (Å²) in [6.45, 7) is 2.36. The molecule has 2 atom stereocenters. The van der Waals surface area contributed by atoms with E-state index in [0.717, 1.165) is 12.0 Å². The molecule has 1 saturated heterocycles. The highest BCUT2D eigenvalue weighted by Gasteiger charge is 2.22. The molecule has 18 heavy (non-hydrogen) atoms. The van der Waals surface area contributed by atoms with Gasteiger partial charge in [0.25, 0.3) is 0 Å². The first-order valence-corrected chi connectivity index (χ1v) is 7.32. The second-order valence-electron chi connectivity index (χ2n) is 5.38. The molecular weight excluding hydrogens is 220 g/mol. The van der Waals surface area contributed by atoms with E-state index in [9.17, 15) is 0 Å². The Morgan fingerprint density at radius 2 is 2.06 bits per heavy atom. The summed E-state index contributed by atoms with van der Waals surface area (Å²) < 4.78 is 0. The smallest absolute Gasteiger partial charge is 0.0116 e. The van der Waals surface area contributed by atoms with Crippen molar-refractivity contribution in [2.45, 2.75) is 38.1 Å². The van der Waals surface area contributed by atoms with Gasteiger partial charge < -0.3 is 10.6 Å². The molecule has 1 aromatic carbocycles. The van der Waals surface area contributed by atoms with E-state index >= 15 is 0 Å². The monoisotopic (exact) mass is 246 g/mol. The van der Waals surface area contributed by atoms with Gasteiger partial charge in [-0.05, 0) is 57.3 Å². The molecule has 100 valence electrons. The van der Waals surface area contributed by atoms with Crippen molar-refractivity contribution in [1.29, 1.82) is 0 Å². The Morgan fingerprint density at radius 1 is 1.22 bits per heavy atom. The normalized spacial score (nSPS) is 24.1. The molecule has 0 spiro atoms. The van der Waals surface area contributed by atoms with Crippen LogP contribution in [0.1, 0.15) is 31.2 Å². The lowest BCUT2D eigenvalue weighted by molar-refractivity contribution is 0.271. The predicted octanol–water partition coefficient (Wildman–Crippen LogP) is 2.60. The molecule has 2 rings (SSSR count). The van der Waals surface area contributed by atoms with Crippen molar-refractivity contribution in [2.75, 3.05) is 20.1 Å². The number of rotatable bonds is 6. The van der Waals surface area contributed by atoms with Crippen molar-refractivity contribution in [3.8, 4) is 0 Å². The molecule has 1 fully saturated rings. The molecule has 0 radical (unpaired) electrons. The van der Waals surface area contributed by atoms with E-state index in [2.05, 4.69) is 48.0 Å². The zero-order valence-electron chi connectivity index (χ0n) is 11.5. The standard InChI is InChI=1S/C16H26N2/c1-17-16-11-12-18-13-15(16)10-6-5-9-14-7-3-2-4-8-14/h2-4,7-8,15-18H,5-6,9-13H2,1H3/t15-,16+/m1/s1. The van der Waals surface area contributed by atoms with Crippen LogP contribution in [0.15, 0.2) is 30.3 Å². The highest BCUT2D eigenvalue weighted by atomic mass is 15.0. The quantitative estimate of drug-likeness (QED) is 0.754. The molecule has 1 aromatic rings. The minimum atomic E-state index is 0.725. The number of nitrogens with one attached hydrogen (secondary N) is 2. The molecule has 0 aliphatic carbocycles. The van der Waals surface area contributed by atoms with E-state index in [0.29, 0.717) is 0 Å². The second-order valence-corrected chi connectivity index (χ2v) is 5.38. The third-order valence-electron chi connectivity index (χ3n) is 4.11. The van der Waals surface area contributed by atoms with Gasteiger partial charge >= 0.3 is 0 Å². The Labute approximate surface area is 111 Å². The van der Waals surface area contributed by atoms with E-state index in [1.165, 1.54) is 50.8 Å². The number of benzene rings is 1. The molecule has 2 N–H and O–H groups in total. The average molecular weight is 246 g/mol. The van der Waals surface area contributed by atoms with Crippen molar-refractivity contribution >= 4 is 0 Å². The van der Waals surface area contributed by atoms with E-state index in [1.54, 1.807) is 0 Å². The second kappa shape index (κ2) is 7.55. The number of hydrogen-bond acceptors (Lipinski definition) is 2. The van der Waals surface area contributed by atoms with Gasteiger partial charge in [0.1, 0.15) is 0 Å². The van der Waals surface area contributed by atoms with Crippen molar-refractivity contribution in [2.24, 2.45) is 5.92 Å². The molecule has 1 aliphatic heterocycles. The first kappa shape index (κ1) is 13.6. The molecule has 0 saturated carbocycles. The van der Waals surface area contributed by atoms with Crippen LogP contribution in [0.25, 0.3) is 0 Å². The predicted molar refractivity (Wildman–Crippen MR) is 77.8 cm³/mol. The highest BCUT2D eigenvalue weighted by Crippen LogP contribution is 2.18. The van der Waals surface area contributed by atoms with Gasteiger partial charge in [-0.2, -0.15) is 0 Å². The number of hydrogen-bond donors (Lipinski definition) is 2. The molecule has 2 heteroatoms. The zero-order chi connectivity index (χ0) is 12.6. The van der Waals surface area contributed by atoms with Gasteiger partial charge in [-0.25, -0.2) is 0 Å². The van der Waals surface area contributed by atoms with E-state index in [4.69, 9.17) is 0 Å². The van der Waals surface area contributed by atoms with E-state index in [1.807, 2.05) is 0 Å². The SMILES string of the molecule is CN[C@H]1CCNC[C@H]1CCCCc1ccccc1. The summed E-state index contributed by atoms with van der Waals surface area (Å²) in [5.74, 6) is 0.819. The maximum Gasteiger partial charge on any atom is 0.0116 e. The number of aryl methyl sites for hydroxylation is 1. The minimum absolute atomic E-state index is 0.725. The maximum atomic E-state index is 3.52. The topological polar surface area (TPSA) is 24.1 Å². The average Bonchev–Trinajstić information content (AvgIpc) is 2.45. The Hall–Kier alpha value is -0.860. The van der Waals surface area contributed by atoms with Crippen LogP contribution < -0.4 is 10.6 Å². The molecule has 0 amide bonds.